The molecule has 1 atom stereocenters. The summed E-state index contributed by atoms with van der Waals surface area (Å²) in [6, 6.07) is 1.81. The first kappa shape index (κ1) is 33.5. The average Bonchev–Trinajstić information content (AvgIpc) is 2.95. The summed E-state index contributed by atoms with van der Waals surface area (Å²) in [6.45, 7) is 4.69. The molecule has 5 N–H and O–H groups in total. The molecule has 2 heterocycles. The fourth-order valence-corrected chi connectivity index (χ4v) is 4.79. The number of unbranched alkanes of at least 4 members (excludes halogenated alkanes) is 2. The van der Waals surface area contributed by atoms with E-state index >= 15 is 0 Å². The van der Waals surface area contributed by atoms with Crippen molar-refractivity contribution in [1.82, 2.24) is 25.3 Å². The molecule has 0 unspecified atom stereocenters. The Balaban J connectivity index is 1.73. The molecule has 43 heavy (non-hydrogen) atoms. The lowest BCUT2D eigenvalue weighted by molar-refractivity contribution is -0.147. The van der Waals surface area contributed by atoms with Crippen LogP contribution in [0.1, 0.15) is 68.4 Å². The van der Waals surface area contributed by atoms with Crippen LogP contribution >= 0.6 is 23.2 Å². The number of esters is 2. The van der Waals surface area contributed by atoms with Crippen molar-refractivity contribution in [3.8, 4) is 0 Å². The van der Waals surface area contributed by atoms with E-state index in [4.69, 9.17) is 44.1 Å². The van der Waals surface area contributed by atoms with Crippen molar-refractivity contribution in [2.45, 2.75) is 65.0 Å². The molecule has 0 saturated heterocycles. The summed E-state index contributed by atoms with van der Waals surface area (Å²) in [6.07, 6.45) is 4.60. The van der Waals surface area contributed by atoms with E-state index in [1.807, 2.05) is 13.8 Å². The molecule has 15 heteroatoms. The number of amides is 1. The summed E-state index contributed by atoms with van der Waals surface area (Å²) in [5.41, 5.74) is 13.2. The molecule has 3 rings (SSSR count). The third-order valence-electron chi connectivity index (χ3n) is 6.29. The summed E-state index contributed by atoms with van der Waals surface area (Å²) in [7, 11) is 1.74. The monoisotopic (exact) mass is 634 g/mol. The minimum absolute atomic E-state index is 0.00326. The van der Waals surface area contributed by atoms with Crippen LogP contribution in [0.25, 0.3) is 11.2 Å². The summed E-state index contributed by atoms with van der Waals surface area (Å²) < 4.78 is 10.5. The van der Waals surface area contributed by atoms with Gasteiger partial charge in [0.2, 0.25) is 5.95 Å². The normalized spacial score (nSPS) is 11.7. The molecule has 0 fully saturated rings. The molecule has 0 aliphatic rings. The van der Waals surface area contributed by atoms with Crippen LogP contribution in [0.4, 0.5) is 17.5 Å². The van der Waals surface area contributed by atoms with Gasteiger partial charge in [-0.2, -0.15) is 9.97 Å². The number of ether oxygens (including phenoxy) is 2. The molecule has 1 aromatic carbocycles. The van der Waals surface area contributed by atoms with E-state index < -0.39 is 23.9 Å². The summed E-state index contributed by atoms with van der Waals surface area (Å²) in [5, 5.41) is 3.02. The lowest BCUT2D eigenvalue weighted by Gasteiger charge is -2.23. The van der Waals surface area contributed by atoms with Crippen molar-refractivity contribution in [3.05, 3.63) is 39.6 Å². The van der Waals surface area contributed by atoms with Gasteiger partial charge in [-0.1, -0.05) is 49.9 Å². The fourth-order valence-electron chi connectivity index (χ4n) is 4.02. The van der Waals surface area contributed by atoms with Gasteiger partial charge in [0.1, 0.15) is 6.04 Å². The van der Waals surface area contributed by atoms with Crippen LogP contribution in [0.3, 0.4) is 0 Å². The van der Waals surface area contributed by atoms with Gasteiger partial charge in [0.15, 0.2) is 17.0 Å². The molecule has 0 aliphatic heterocycles. The maximum absolute atomic E-state index is 13.2. The van der Waals surface area contributed by atoms with Crippen LogP contribution in [0.2, 0.25) is 10.0 Å². The number of rotatable bonds is 15. The Bertz CT molecular complexity index is 1440. The summed E-state index contributed by atoms with van der Waals surface area (Å²) in [5.74, 6) is -1.60. The molecular formula is C28H36Cl2N8O5. The number of aromatic nitrogens is 4. The standard InChI is InChI=1S/C28H36Cl2N8O5/c1-4-6-10-42-21(39)9-8-20(27(41)43-11-7-5-2)35-26(40)16-12-18(29)23(19(30)13-16)38(3)15-17-14-33-25-22(34-17)24(31)36-28(32)37-25/h12-14,20H,4-11,15H2,1-3H3,(H,35,40)(H4,31,32,33,36,37)/t20-/m0/s1. The van der Waals surface area contributed by atoms with Crippen LogP contribution in [0, 0.1) is 0 Å². The zero-order chi connectivity index (χ0) is 31.5. The molecular weight excluding hydrogens is 599 g/mol. The van der Waals surface area contributed by atoms with Crippen molar-refractivity contribution in [2.24, 2.45) is 0 Å². The minimum Gasteiger partial charge on any atom is -0.466 e. The molecule has 0 aliphatic carbocycles. The topological polar surface area (TPSA) is 189 Å². The number of hydrogen-bond donors (Lipinski definition) is 3. The van der Waals surface area contributed by atoms with E-state index in [9.17, 15) is 14.4 Å². The van der Waals surface area contributed by atoms with Gasteiger partial charge in [0.05, 0.1) is 47.4 Å². The van der Waals surface area contributed by atoms with Crippen molar-refractivity contribution >= 4 is 69.7 Å². The fraction of sp³-hybridized carbons (Fsp3) is 0.464. The molecule has 2 aromatic heterocycles. The lowest BCUT2D eigenvalue weighted by atomic mass is 10.1. The van der Waals surface area contributed by atoms with Crippen molar-refractivity contribution in [2.75, 3.05) is 36.6 Å². The molecule has 1 amide bonds. The van der Waals surface area contributed by atoms with Crippen molar-refractivity contribution in [3.63, 3.8) is 0 Å². The minimum atomic E-state index is -1.07. The molecule has 0 saturated carbocycles. The number of nitrogens with zero attached hydrogens (tertiary/aromatic N) is 5. The van der Waals surface area contributed by atoms with Gasteiger partial charge >= 0.3 is 11.9 Å². The van der Waals surface area contributed by atoms with E-state index in [-0.39, 0.29) is 59.0 Å². The zero-order valence-electron chi connectivity index (χ0n) is 24.4. The van der Waals surface area contributed by atoms with Gasteiger partial charge in [-0.05, 0) is 31.4 Å². The predicted octanol–water partition coefficient (Wildman–Crippen LogP) is 4.09. The van der Waals surface area contributed by atoms with E-state index in [1.54, 1.807) is 11.9 Å². The zero-order valence-corrected chi connectivity index (χ0v) is 25.9. The second-order valence-corrected chi connectivity index (χ2v) is 10.6. The maximum Gasteiger partial charge on any atom is 0.328 e. The number of anilines is 3. The van der Waals surface area contributed by atoms with E-state index in [0.29, 0.717) is 29.9 Å². The SMILES string of the molecule is CCCCOC(=O)CC[C@H](NC(=O)c1cc(Cl)c(N(C)Cc2cnc3nc(N)nc(N)c3n2)c(Cl)c1)C(=O)OCCCC. The molecule has 0 spiro atoms. The van der Waals surface area contributed by atoms with Gasteiger partial charge < -0.3 is 31.2 Å². The first-order valence-electron chi connectivity index (χ1n) is 13.9. The highest BCUT2D eigenvalue weighted by Gasteiger charge is 2.25. The predicted molar refractivity (Wildman–Crippen MR) is 165 cm³/mol. The Morgan fingerprint density at radius 2 is 1.65 bits per heavy atom. The molecule has 232 valence electrons. The number of fused-ring (bicyclic) bond motifs is 1. The number of nitrogens with two attached hydrogens (primary N) is 2. The van der Waals surface area contributed by atoms with E-state index in [1.165, 1.54) is 18.3 Å². The third-order valence-corrected chi connectivity index (χ3v) is 6.87. The Kier molecular flexibility index (Phi) is 12.5. The summed E-state index contributed by atoms with van der Waals surface area (Å²) in [4.78, 5) is 56.5. The van der Waals surface area contributed by atoms with E-state index in [0.717, 1.165) is 19.3 Å². The highest BCUT2D eigenvalue weighted by atomic mass is 35.5. The first-order chi connectivity index (χ1) is 20.5. The number of carbonyl (C=O) groups excluding carboxylic acids is 3. The van der Waals surface area contributed by atoms with Crippen LogP contribution in [-0.2, 0) is 25.6 Å². The Hall–Kier alpha value is -3.97. The number of nitrogen functional groups attached to an aromatic ring is 2. The maximum atomic E-state index is 13.2. The largest absolute Gasteiger partial charge is 0.466 e. The second kappa shape index (κ2) is 16.0. The molecule has 13 nitrogen and oxygen atoms in total. The first-order valence-corrected chi connectivity index (χ1v) is 14.7. The highest BCUT2D eigenvalue weighted by Crippen LogP contribution is 2.35. The van der Waals surface area contributed by atoms with Crippen LogP contribution in [-0.4, -0.2) is 64.1 Å². The van der Waals surface area contributed by atoms with Gasteiger partial charge in [-0.25, -0.2) is 14.8 Å². The second-order valence-electron chi connectivity index (χ2n) is 9.80. The van der Waals surface area contributed by atoms with Crippen LogP contribution in [0.15, 0.2) is 18.3 Å². The average molecular weight is 636 g/mol. The molecule has 0 radical (unpaired) electrons. The smallest absolute Gasteiger partial charge is 0.328 e. The van der Waals surface area contributed by atoms with Crippen LogP contribution in [0.5, 0.6) is 0 Å². The van der Waals surface area contributed by atoms with Gasteiger partial charge in [0.25, 0.3) is 5.91 Å². The van der Waals surface area contributed by atoms with Crippen LogP contribution < -0.4 is 21.7 Å². The Morgan fingerprint density at radius 3 is 2.30 bits per heavy atom. The lowest BCUT2D eigenvalue weighted by Crippen LogP contribution is -2.42. The Labute approximate surface area is 259 Å². The quantitative estimate of drug-likeness (QED) is 0.161. The van der Waals surface area contributed by atoms with E-state index in [2.05, 4.69) is 25.3 Å². The Morgan fingerprint density at radius 1 is 1.00 bits per heavy atom. The number of hydrogen-bond acceptors (Lipinski definition) is 12. The molecule has 3 aromatic rings. The number of halogens is 2. The van der Waals surface area contributed by atoms with Gasteiger partial charge in [-0.3, -0.25) is 9.59 Å². The van der Waals surface area contributed by atoms with Gasteiger partial charge in [0, 0.05) is 19.0 Å². The van der Waals surface area contributed by atoms with Gasteiger partial charge in [-0.15, -0.1) is 0 Å². The number of nitrogens with one attached hydrogen (secondary N) is 1. The highest BCUT2D eigenvalue weighted by molar-refractivity contribution is 6.39. The third kappa shape index (κ3) is 9.52. The number of benzene rings is 1. The number of carbonyl (C=O) groups is 3. The summed E-state index contributed by atoms with van der Waals surface area (Å²) >= 11 is 13.2. The van der Waals surface area contributed by atoms with Crippen molar-refractivity contribution in [1.29, 1.82) is 0 Å². The molecule has 0 bridgehead atoms. The van der Waals surface area contributed by atoms with Crippen molar-refractivity contribution < 1.29 is 23.9 Å².